The molecule has 0 aliphatic carbocycles. The van der Waals surface area contributed by atoms with Gasteiger partial charge >= 0.3 is 0 Å². The van der Waals surface area contributed by atoms with Gasteiger partial charge < -0.3 is 10.6 Å². The quantitative estimate of drug-likeness (QED) is 0.846. The van der Waals surface area contributed by atoms with Crippen LogP contribution in [0.1, 0.15) is 13.3 Å². The van der Waals surface area contributed by atoms with E-state index in [4.69, 9.17) is 0 Å². The molecule has 0 spiro atoms. The van der Waals surface area contributed by atoms with E-state index in [0.717, 1.165) is 19.5 Å². The topological polar surface area (TPSA) is 62.7 Å². The first-order valence-corrected chi connectivity index (χ1v) is 7.13. The second-order valence-electron chi connectivity index (χ2n) is 5.45. The van der Waals surface area contributed by atoms with Crippen molar-refractivity contribution in [3.05, 3.63) is 36.5 Å². The number of anilines is 1. The van der Waals surface area contributed by atoms with Crippen LogP contribution in [0.3, 0.4) is 0 Å². The number of aromatic nitrogens is 3. The molecule has 21 heavy (non-hydrogen) atoms. The van der Waals surface area contributed by atoms with Crippen LogP contribution in [-0.4, -0.2) is 34.1 Å². The Morgan fingerprint density at radius 3 is 2.95 bits per heavy atom. The summed E-state index contributed by atoms with van der Waals surface area (Å²) in [5.74, 6) is 0.627. The standard InChI is InChI=1S/C15H18FN5/c1-10-7-11(9-17-8-10)20-15-19-6-4-13(21-15)12-3-2-5-18-14(12)16/h2-6,10-11,17H,7-9H2,1H3,(H,19,20,21)/t10-,11+/m1/s1. The monoisotopic (exact) mass is 287 g/mol. The molecular formula is C15H18FN5. The van der Waals surface area contributed by atoms with Crippen LogP contribution in [0.4, 0.5) is 10.3 Å². The Morgan fingerprint density at radius 2 is 2.14 bits per heavy atom. The highest BCUT2D eigenvalue weighted by Gasteiger charge is 2.19. The van der Waals surface area contributed by atoms with Gasteiger partial charge in [-0.05, 0) is 37.1 Å². The third kappa shape index (κ3) is 3.33. The van der Waals surface area contributed by atoms with E-state index in [0.29, 0.717) is 29.2 Å². The summed E-state index contributed by atoms with van der Waals surface area (Å²) in [5, 5.41) is 6.69. The number of nitrogens with one attached hydrogen (secondary N) is 2. The first kappa shape index (κ1) is 13.9. The average molecular weight is 287 g/mol. The Kier molecular flexibility index (Phi) is 4.06. The minimum absolute atomic E-state index is 0.294. The van der Waals surface area contributed by atoms with E-state index in [-0.39, 0.29) is 0 Å². The molecule has 1 aliphatic rings. The Balaban J connectivity index is 1.79. The number of nitrogens with zero attached hydrogens (tertiary/aromatic N) is 3. The third-order valence-corrected chi connectivity index (χ3v) is 3.59. The van der Waals surface area contributed by atoms with E-state index in [1.807, 2.05) is 0 Å². The molecule has 0 amide bonds. The zero-order valence-electron chi connectivity index (χ0n) is 11.9. The van der Waals surface area contributed by atoms with Crippen molar-refractivity contribution in [2.75, 3.05) is 18.4 Å². The number of halogens is 1. The van der Waals surface area contributed by atoms with Crippen molar-refractivity contribution in [2.24, 2.45) is 5.92 Å². The van der Waals surface area contributed by atoms with Gasteiger partial charge in [0.15, 0.2) is 0 Å². The van der Waals surface area contributed by atoms with Crippen molar-refractivity contribution in [3.63, 3.8) is 0 Å². The normalized spacial score (nSPS) is 22.0. The largest absolute Gasteiger partial charge is 0.350 e. The third-order valence-electron chi connectivity index (χ3n) is 3.59. The van der Waals surface area contributed by atoms with Gasteiger partial charge in [-0.2, -0.15) is 4.39 Å². The van der Waals surface area contributed by atoms with Crippen molar-refractivity contribution in [1.29, 1.82) is 0 Å². The summed E-state index contributed by atoms with van der Waals surface area (Å²) in [6, 6.07) is 5.34. The Labute approximate surface area is 123 Å². The molecule has 5 nitrogen and oxygen atoms in total. The fourth-order valence-corrected chi connectivity index (χ4v) is 2.60. The Hall–Kier alpha value is -2.08. The highest BCUT2D eigenvalue weighted by Crippen LogP contribution is 2.20. The summed E-state index contributed by atoms with van der Waals surface area (Å²) < 4.78 is 13.7. The zero-order chi connectivity index (χ0) is 14.7. The van der Waals surface area contributed by atoms with Crippen LogP contribution < -0.4 is 10.6 Å². The van der Waals surface area contributed by atoms with Crippen molar-refractivity contribution in [1.82, 2.24) is 20.3 Å². The maximum absolute atomic E-state index is 13.7. The maximum atomic E-state index is 13.7. The van der Waals surface area contributed by atoms with Crippen LogP contribution in [0.2, 0.25) is 0 Å². The summed E-state index contributed by atoms with van der Waals surface area (Å²) in [6.45, 7) is 4.14. The SMILES string of the molecule is C[C@H]1CNC[C@@H](Nc2nccc(-c3cccnc3F)n2)C1. The molecule has 0 unspecified atom stereocenters. The van der Waals surface area contributed by atoms with E-state index in [1.54, 1.807) is 24.4 Å². The minimum atomic E-state index is -0.518. The van der Waals surface area contributed by atoms with Gasteiger partial charge in [-0.15, -0.1) is 0 Å². The van der Waals surface area contributed by atoms with Gasteiger partial charge in [-0.1, -0.05) is 6.92 Å². The average Bonchev–Trinajstić information content (AvgIpc) is 2.48. The number of rotatable bonds is 3. The van der Waals surface area contributed by atoms with Crippen molar-refractivity contribution >= 4 is 5.95 Å². The van der Waals surface area contributed by atoms with Crippen LogP contribution in [0.15, 0.2) is 30.6 Å². The molecular weight excluding hydrogens is 269 g/mol. The molecule has 3 heterocycles. The second-order valence-corrected chi connectivity index (χ2v) is 5.45. The lowest BCUT2D eigenvalue weighted by Crippen LogP contribution is -2.42. The molecule has 110 valence electrons. The van der Waals surface area contributed by atoms with Gasteiger partial charge in [-0.3, -0.25) is 0 Å². The lowest BCUT2D eigenvalue weighted by Gasteiger charge is -2.28. The molecule has 0 radical (unpaired) electrons. The predicted molar refractivity (Wildman–Crippen MR) is 79.3 cm³/mol. The van der Waals surface area contributed by atoms with Gasteiger partial charge in [0.25, 0.3) is 0 Å². The molecule has 2 atom stereocenters. The lowest BCUT2D eigenvalue weighted by molar-refractivity contribution is 0.377. The van der Waals surface area contributed by atoms with Crippen LogP contribution in [0.25, 0.3) is 11.3 Å². The van der Waals surface area contributed by atoms with E-state index in [9.17, 15) is 4.39 Å². The van der Waals surface area contributed by atoms with Gasteiger partial charge in [0.05, 0.1) is 11.3 Å². The van der Waals surface area contributed by atoms with Gasteiger partial charge in [0, 0.05) is 25.0 Å². The van der Waals surface area contributed by atoms with Gasteiger partial charge in [-0.25, -0.2) is 15.0 Å². The van der Waals surface area contributed by atoms with E-state index in [1.165, 1.54) is 6.20 Å². The Bertz CT molecular complexity index is 619. The summed E-state index contributed by atoms with van der Waals surface area (Å²) in [6.07, 6.45) is 4.13. The number of hydrogen-bond donors (Lipinski definition) is 2. The van der Waals surface area contributed by atoms with Crippen molar-refractivity contribution in [3.8, 4) is 11.3 Å². The summed E-state index contributed by atoms with van der Waals surface area (Å²) in [7, 11) is 0. The number of piperidine rings is 1. The molecule has 0 saturated carbocycles. The first-order chi connectivity index (χ1) is 10.2. The number of pyridine rings is 1. The fraction of sp³-hybridized carbons (Fsp3) is 0.400. The molecule has 2 N–H and O–H groups in total. The van der Waals surface area contributed by atoms with Crippen LogP contribution in [0, 0.1) is 11.9 Å². The Morgan fingerprint density at radius 1 is 1.24 bits per heavy atom. The maximum Gasteiger partial charge on any atom is 0.223 e. The minimum Gasteiger partial charge on any atom is -0.350 e. The van der Waals surface area contributed by atoms with Crippen LogP contribution in [0.5, 0.6) is 0 Å². The molecule has 1 saturated heterocycles. The highest BCUT2D eigenvalue weighted by molar-refractivity contribution is 5.59. The van der Waals surface area contributed by atoms with Crippen LogP contribution in [-0.2, 0) is 0 Å². The fourth-order valence-electron chi connectivity index (χ4n) is 2.60. The molecule has 0 bridgehead atoms. The highest BCUT2D eigenvalue weighted by atomic mass is 19.1. The molecule has 2 aromatic heterocycles. The second kappa shape index (κ2) is 6.13. The number of hydrogen-bond acceptors (Lipinski definition) is 5. The van der Waals surface area contributed by atoms with E-state index < -0.39 is 5.95 Å². The van der Waals surface area contributed by atoms with E-state index in [2.05, 4.69) is 32.5 Å². The molecule has 0 aromatic carbocycles. The smallest absolute Gasteiger partial charge is 0.223 e. The summed E-state index contributed by atoms with van der Waals surface area (Å²) in [5.41, 5.74) is 0.924. The first-order valence-electron chi connectivity index (χ1n) is 7.13. The van der Waals surface area contributed by atoms with Crippen molar-refractivity contribution < 1.29 is 4.39 Å². The van der Waals surface area contributed by atoms with Crippen LogP contribution >= 0.6 is 0 Å². The summed E-state index contributed by atoms with van der Waals surface area (Å²) in [4.78, 5) is 12.3. The van der Waals surface area contributed by atoms with E-state index >= 15 is 0 Å². The van der Waals surface area contributed by atoms with Gasteiger partial charge in [0.1, 0.15) is 0 Å². The molecule has 2 aromatic rings. The molecule has 1 aliphatic heterocycles. The zero-order valence-corrected chi connectivity index (χ0v) is 11.9. The van der Waals surface area contributed by atoms with Gasteiger partial charge in [0.2, 0.25) is 11.9 Å². The predicted octanol–water partition coefficient (Wildman–Crippen LogP) is 2.09. The molecule has 1 fully saturated rings. The molecule has 3 rings (SSSR count). The van der Waals surface area contributed by atoms with Crippen molar-refractivity contribution in [2.45, 2.75) is 19.4 Å². The molecule has 6 heteroatoms. The lowest BCUT2D eigenvalue weighted by atomic mass is 9.98. The summed E-state index contributed by atoms with van der Waals surface area (Å²) >= 11 is 0.